The van der Waals surface area contributed by atoms with E-state index in [0.717, 1.165) is 0 Å². The van der Waals surface area contributed by atoms with Gasteiger partial charge in [-0.3, -0.25) is 34.4 Å². The molecule has 0 saturated carbocycles. The lowest BCUT2D eigenvalue weighted by molar-refractivity contribution is -0.601. The van der Waals surface area contributed by atoms with Gasteiger partial charge in [-0.2, -0.15) is 0 Å². The van der Waals surface area contributed by atoms with E-state index in [4.69, 9.17) is 34.2 Å². The molecule has 5 atom stereocenters. The van der Waals surface area contributed by atoms with Gasteiger partial charge in [-0.05, 0) is 0 Å². The van der Waals surface area contributed by atoms with E-state index in [1.807, 2.05) is 0 Å². The quantitative estimate of drug-likeness (QED) is 0.110. The molecule has 1 saturated heterocycles. The maximum Gasteiger partial charge on any atom is 0.394 e. The Labute approximate surface area is 211 Å². The van der Waals surface area contributed by atoms with Crippen LogP contribution in [0.4, 0.5) is 0 Å². The molecular weight excluding hydrogens is 506 g/mol. The lowest BCUT2D eigenvalue weighted by Gasteiger charge is -2.61. The SMILES string of the molecule is CCC(=O)O[C@]1(O)O[C@](CO)(OC(=O)CC)[C@](O)(OC(=O)CC)[C@@](O)(OC(=O)CC)[C@]1(N)OC(=O)CC. The zero-order chi connectivity index (χ0) is 28.9. The molecule has 1 aliphatic heterocycles. The van der Waals surface area contributed by atoms with Crippen molar-refractivity contribution in [3.05, 3.63) is 0 Å². The Morgan fingerprint density at radius 2 is 0.973 bits per heavy atom. The Kier molecular flexibility index (Phi) is 10.1. The van der Waals surface area contributed by atoms with Crippen LogP contribution in [0.3, 0.4) is 0 Å². The first-order valence-corrected chi connectivity index (χ1v) is 11.4. The van der Waals surface area contributed by atoms with Gasteiger partial charge >= 0.3 is 58.9 Å². The van der Waals surface area contributed by atoms with Crippen LogP contribution in [0.5, 0.6) is 0 Å². The second-order valence-corrected chi connectivity index (χ2v) is 7.76. The molecular formula is C21H33NO15. The predicted molar refractivity (Wildman–Crippen MR) is 115 cm³/mol. The third-order valence-electron chi connectivity index (χ3n) is 5.23. The third kappa shape index (κ3) is 5.39. The van der Waals surface area contributed by atoms with E-state index in [1.165, 1.54) is 34.6 Å². The topological polar surface area (TPSA) is 248 Å². The molecule has 0 bridgehead atoms. The summed E-state index contributed by atoms with van der Waals surface area (Å²) in [5.74, 6) is -22.6. The normalized spacial score (nSPS) is 33.1. The third-order valence-corrected chi connectivity index (χ3v) is 5.23. The van der Waals surface area contributed by atoms with E-state index in [1.54, 1.807) is 0 Å². The van der Waals surface area contributed by atoms with Crippen molar-refractivity contribution in [2.45, 2.75) is 95.8 Å². The van der Waals surface area contributed by atoms with Crippen LogP contribution in [0.25, 0.3) is 0 Å². The maximum absolute atomic E-state index is 12.4. The molecule has 0 radical (unpaired) electrons. The highest BCUT2D eigenvalue weighted by Gasteiger charge is 2.91. The summed E-state index contributed by atoms with van der Waals surface area (Å²) in [6.07, 6.45) is -2.59. The average Bonchev–Trinajstić information content (AvgIpc) is 2.86. The fourth-order valence-electron chi connectivity index (χ4n) is 3.08. The van der Waals surface area contributed by atoms with Crippen LogP contribution >= 0.6 is 0 Å². The molecule has 0 aromatic carbocycles. The second-order valence-electron chi connectivity index (χ2n) is 7.76. The van der Waals surface area contributed by atoms with Gasteiger partial charge in [0.15, 0.2) is 0 Å². The summed E-state index contributed by atoms with van der Waals surface area (Å²) in [6, 6.07) is 0. The standard InChI is InChI=1S/C21H33NO15/c1-6-12(24)32-17(11-23)19(29,34-14(26)8-3)20(30,35-15(27)9-4)18(22,33-13(25)7-2)21(31,37-17)36-16(28)10-5/h23,29-31H,6-11,22H2,1-5H3/t17-,18-,19-,20-,21-/m0/s1. The van der Waals surface area contributed by atoms with Crippen molar-refractivity contribution in [2.75, 3.05) is 6.61 Å². The summed E-state index contributed by atoms with van der Waals surface area (Å²) in [4.78, 5) is 61.6. The maximum atomic E-state index is 12.4. The molecule has 16 heteroatoms. The molecule has 1 rings (SSSR count). The number of esters is 5. The zero-order valence-corrected chi connectivity index (χ0v) is 21.1. The molecule has 1 fully saturated rings. The minimum Gasteiger partial charge on any atom is -0.426 e. The smallest absolute Gasteiger partial charge is 0.394 e. The molecule has 212 valence electrons. The van der Waals surface area contributed by atoms with E-state index in [9.17, 15) is 44.4 Å². The predicted octanol–water partition coefficient (Wildman–Crippen LogP) is -1.85. The molecule has 0 spiro atoms. The van der Waals surface area contributed by atoms with Crippen molar-refractivity contribution in [1.29, 1.82) is 0 Å². The average molecular weight is 539 g/mol. The summed E-state index contributed by atoms with van der Waals surface area (Å²) >= 11 is 0. The van der Waals surface area contributed by atoms with Crippen molar-refractivity contribution in [3.63, 3.8) is 0 Å². The first kappa shape index (κ1) is 32.1. The van der Waals surface area contributed by atoms with Gasteiger partial charge in [0.1, 0.15) is 6.61 Å². The monoisotopic (exact) mass is 539 g/mol. The van der Waals surface area contributed by atoms with Gasteiger partial charge in [0.05, 0.1) is 0 Å². The zero-order valence-electron chi connectivity index (χ0n) is 21.1. The summed E-state index contributed by atoms with van der Waals surface area (Å²) in [6.45, 7) is 4.39. The number of nitrogens with two attached hydrogens (primary N) is 1. The van der Waals surface area contributed by atoms with Crippen LogP contribution in [-0.2, 0) is 52.4 Å². The van der Waals surface area contributed by atoms with Crippen LogP contribution in [0, 0.1) is 0 Å². The van der Waals surface area contributed by atoms with Gasteiger partial charge < -0.3 is 44.1 Å². The molecule has 1 heterocycles. The van der Waals surface area contributed by atoms with Crippen LogP contribution in [0.15, 0.2) is 0 Å². The lowest BCUT2D eigenvalue weighted by Crippen LogP contribution is -2.93. The van der Waals surface area contributed by atoms with E-state index < -0.39 is 97.6 Å². The Morgan fingerprint density at radius 3 is 1.38 bits per heavy atom. The van der Waals surface area contributed by atoms with Crippen LogP contribution in [0.1, 0.15) is 66.7 Å². The van der Waals surface area contributed by atoms with Crippen LogP contribution < -0.4 is 5.73 Å². The number of aliphatic hydroxyl groups excluding tert-OH is 1. The Hall–Kier alpha value is -2.89. The first-order chi connectivity index (χ1) is 17.0. The first-order valence-electron chi connectivity index (χ1n) is 11.4. The largest absolute Gasteiger partial charge is 0.426 e. The number of ether oxygens (including phenoxy) is 6. The molecule has 0 amide bonds. The van der Waals surface area contributed by atoms with E-state index in [-0.39, 0.29) is 0 Å². The van der Waals surface area contributed by atoms with Crippen molar-refractivity contribution in [3.8, 4) is 0 Å². The molecule has 0 unspecified atom stereocenters. The van der Waals surface area contributed by atoms with Gasteiger partial charge in [0, 0.05) is 32.1 Å². The van der Waals surface area contributed by atoms with Crippen molar-refractivity contribution < 1.29 is 72.8 Å². The van der Waals surface area contributed by atoms with Gasteiger partial charge in [-0.15, -0.1) is 0 Å². The van der Waals surface area contributed by atoms with Gasteiger partial charge in [-0.25, -0.2) is 0 Å². The summed E-state index contributed by atoms with van der Waals surface area (Å²) in [7, 11) is 0. The number of hydrogen-bond acceptors (Lipinski definition) is 16. The molecule has 0 aromatic heterocycles. The number of carbonyl (C=O) groups is 5. The fraction of sp³-hybridized carbons (Fsp3) is 0.762. The Bertz CT molecular complexity index is 910. The number of hydrogen-bond donors (Lipinski definition) is 5. The fourth-order valence-corrected chi connectivity index (χ4v) is 3.08. The van der Waals surface area contributed by atoms with Crippen LogP contribution in [0.2, 0.25) is 0 Å². The second kappa shape index (κ2) is 11.7. The van der Waals surface area contributed by atoms with Gasteiger partial charge in [-0.1, -0.05) is 34.6 Å². The lowest BCUT2D eigenvalue weighted by atomic mass is 9.81. The minimum absolute atomic E-state index is 0.484. The Balaban J connectivity index is 4.27. The van der Waals surface area contributed by atoms with Gasteiger partial charge in [0.25, 0.3) is 0 Å². The molecule has 0 aromatic rings. The molecule has 37 heavy (non-hydrogen) atoms. The number of aliphatic hydroxyl groups is 4. The summed E-state index contributed by atoms with van der Waals surface area (Å²) < 4.78 is 29.5. The number of rotatable bonds is 11. The molecule has 1 aliphatic rings. The minimum atomic E-state index is -4.18. The highest BCUT2D eigenvalue weighted by atomic mass is 16.9. The van der Waals surface area contributed by atoms with E-state index in [2.05, 4.69) is 0 Å². The van der Waals surface area contributed by atoms with Gasteiger partial charge in [0.2, 0.25) is 0 Å². The molecule has 6 N–H and O–H groups in total. The van der Waals surface area contributed by atoms with Crippen molar-refractivity contribution >= 4 is 29.8 Å². The highest BCUT2D eigenvalue weighted by Crippen LogP contribution is 2.55. The van der Waals surface area contributed by atoms with Crippen molar-refractivity contribution in [2.24, 2.45) is 5.73 Å². The Morgan fingerprint density at radius 1 is 0.622 bits per heavy atom. The molecule has 0 aliphatic carbocycles. The summed E-state index contributed by atoms with van der Waals surface area (Å²) in [5, 5.41) is 45.1. The van der Waals surface area contributed by atoms with Crippen LogP contribution in [-0.4, -0.2) is 85.9 Å². The molecule has 16 nitrogen and oxygen atoms in total. The van der Waals surface area contributed by atoms with Crippen molar-refractivity contribution in [1.82, 2.24) is 0 Å². The van der Waals surface area contributed by atoms with E-state index >= 15 is 0 Å². The number of carbonyl (C=O) groups excluding carboxylic acids is 5. The highest BCUT2D eigenvalue weighted by molar-refractivity contribution is 5.74. The summed E-state index contributed by atoms with van der Waals surface area (Å²) in [5.41, 5.74) is 2.19. The van der Waals surface area contributed by atoms with E-state index in [0.29, 0.717) is 0 Å².